The van der Waals surface area contributed by atoms with Crippen molar-refractivity contribution in [2.24, 2.45) is 0 Å². The number of carbonyl (C=O) groups is 1. The summed E-state index contributed by atoms with van der Waals surface area (Å²) in [7, 11) is 6.67. The highest BCUT2D eigenvalue weighted by atomic mass is 16.5. The second-order valence-electron chi connectivity index (χ2n) is 4.15. The summed E-state index contributed by atoms with van der Waals surface area (Å²) < 4.78 is 5.20. The molecule has 0 aliphatic rings. The van der Waals surface area contributed by atoms with E-state index in [-0.39, 0.29) is 11.5 Å². The van der Waals surface area contributed by atoms with Crippen molar-refractivity contribution < 1.29 is 9.53 Å². The molecule has 0 atom stereocenters. The van der Waals surface area contributed by atoms with Crippen molar-refractivity contribution in [1.29, 1.82) is 5.26 Å². The molecule has 5 heteroatoms. The molecule has 19 heavy (non-hydrogen) atoms. The zero-order chi connectivity index (χ0) is 14.4. The molecule has 1 aromatic carbocycles. The summed E-state index contributed by atoms with van der Waals surface area (Å²) in [6, 6.07) is 9.07. The van der Waals surface area contributed by atoms with Crippen molar-refractivity contribution in [2.75, 3.05) is 33.2 Å². The van der Waals surface area contributed by atoms with Crippen molar-refractivity contribution in [1.82, 2.24) is 4.90 Å². The Balaban J connectivity index is 3.09. The van der Waals surface area contributed by atoms with Gasteiger partial charge in [-0.05, 0) is 12.1 Å². The molecule has 1 amide bonds. The van der Waals surface area contributed by atoms with Crippen LogP contribution in [0.3, 0.4) is 0 Å². The number of ether oxygens (including phenoxy) is 1. The van der Waals surface area contributed by atoms with E-state index in [0.29, 0.717) is 11.4 Å². The number of carbonyl (C=O) groups excluding carboxylic acids is 1. The molecule has 0 aliphatic carbocycles. The first-order chi connectivity index (χ1) is 9.01. The summed E-state index contributed by atoms with van der Waals surface area (Å²) >= 11 is 0. The maximum Gasteiger partial charge on any atom is 0.270 e. The van der Waals surface area contributed by atoms with E-state index in [4.69, 9.17) is 10.00 Å². The third-order valence-corrected chi connectivity index (χ3v) is 2.49. The minimum Gasteiger partial charge on any atom is -0.495 e. The van der Waals surface area contributed by atoms with Crippen LogP contribution in [0.15, 0.2) is 36.0 Å². The van der Waals surface area contributed by atoms with Crippen LogP contribution in [-0.4, -0.2) is 39.1 Å². The Morgan fingerprint density at radius 3 is 2.47 bits per heavy atom. The van der Waals surface area contributed by atoms with Crippen LogP contribution < -0.4 is 9.64 Å². The number of hydrogen-bond acceptors (Lipinski definition) is 4. The number of hydrogen-bond donors (Lipinski definition) is 0. The molecule has 100 valence electrons. The fraction of sp³-hybridized carbons (Fsp3) is 0.286. The molecule has 1 rings (SSSR count). The van der Waals surface area contributed by atoms with Crippen LogP contribution in [0.5, 0.6) is 5.75 Å². The maximum absolute atomic E-state index is 12.2. The molecular formula is C14H17N3O2. The van der Waals surface area contributed by atoms with E-state index in [2.05, 4.69) is 0 Å². The van der Waals surface area contributed by atoms with Gasteiger partial charge < -0.3 is 14.5 Å². The van der Waals surface area contributed by atoms with E-state index >= 15 is 0 Å². The predicted octanol–water partition coefficient (Wildman–Crippen LogP) is 1.63. The number of likely N-dealkylation sites (N-methyl/N-ethyl adjacent to an activating group) is 1. The molecule has 0 unspecified atom stereocenters. The molecule has 5 nitrogen and oxygen atoms in total. The van der Waals surface area contributed by atoms with Gasteiger partial charge in [-0.25, -0.2) is 0 Å². The first-order valence-corrected chi connectivity index (χ1v) is 5.70. The third kappa shape index (κ3) is 3.49. The summed E-state index contributed by atoms with van der Waals surface area (Å²) in [5.74, 6) is 0.209. The van der Waals surface area contributed by atoms with E-state index in [0.717, 1.165) is 0 Å². The van der Waals surface area contributed by atoms with Crippen LogP contribution in [0.4, 0.5) is 5.69 Å². The standard InChI is InChI=1S/C14H17N3O2/c1-16(2)10-11(9-15)14(18)17(3)12-7-5-6-8-13(12)19-4/h5-8,10H,1-4H3/b11-10+. The molecule has 0 fully saturated rings. The number of benzene rings is 1. The van der Waals surface area contributed by atoms with E-state index in [1.54, 1.807) is 38.2 Å². The third-order valence-electron chi connectivity index (χ3n) is 2.49. The van der Waals surface area contributed by atoms with E-state index in [9.17, 15) is 4.79 Å². The fourth-order valence-electron chi connectivity index (χ4n) is 1.59. The topological polar surface area (TPSA) is 56.6 Å². The van der Waals surface area contributed by atoms with Crippen LogP contribution in [-0.2, 0) is 4.79 Å². The number of para-hydroxylation sites is 2. The lowest BCUT2D eigenvalue weighted by Gasteiger charge is -2.19. The molecule has 0 saturated carbocycles. The highest BCUT2D eigenvalue weighted by molar-refractivity contribution is 6.08. The van der Waals surface area contributed by atoms with Gasteiger partial charge >= 0.3 is 0 Å². The molecule has 0 saturated heterocycles. The largest absolute Gasteiger partial charge is 0.495 e. The Hall–Kier alpha value is -2.48. The number of methoxy groups -OCH3 is 1. The lowest BCUT2D eigenvalue weighted by Crippen LogP contribution is -2.28. The van der Waals surface area contributed by atoms with Gasteiger partial charge in [-0.3, -0.25) is 4.79 Å². The second-order valence-corrected chi connectivity index (χ2v) is 4.15. The zero-order valence-corrected chi connectivity index (χ0v) is 11.5. The maximum atomic E-state index is 12.2. The van der Waals surface area contributed by atoms with Crippen molar-refractivity contribution in [3.8, 4) is 11.8 Å². The summed E-state index contributed by atoms with van der Waals surface area (Å²) in [6.07, 6.45) is 1.49. The molecule has 0 aliphatic heterocycles. The van der Waals surface area contributed by atoms with Gasteiger partial charge in [0.25, 0.3) is 5.91 Å². The normalized spacial score (nSPS) is 10.6. The number of nitrogens with zero attached hydrogens (tertiary/aromatic N) is 3. The number of nitriles is 1. The monoisotopic (exact) mass is 259 g/mol. The first-order valence-electron chi connectivity index (χ1n) is 5.70. The minimum atomic E-state index is -0.374. The van der Waals surface area contributed by atoms with Gasteiger partial charge in [0.1, 0.15) is 17.4 Å². The molecule has 0 aromatic heterocycles. The first kappa shape index (κ1) is 14.6. The van der Waals surface area contributed by atoms with Gasteiger partial charge in [-0.2, -0.15) is 5.26 Å². The van der Waals surface area contributed by atoms with Crippen molar-refractivity contribution in [3.63, 3.8) is 0 Å². The molecule has 1 aromatic rings. The van der Waals surface area contributed by atoms with Crippen molar-refractivity contribution >= 4 is 11.6 Å². The molecule has 0 N–H and O–H groups in total. The minimum absolute atomic E-state index is 0.0680. The average Bonchev–Trinajstić information content (AvgIpc) is 2.42. The number of rotatable bonds is 4. The van der Waals surface area contributed by atoms with Crippen LogP contribution in [0, 0.1) is 11.3 Å². The molecular weight excluding hydrogens is 242 g/mol. The van der Waals surface area contributed by atoms with Gasteiger partial charge in [-0.1, -0.05) is 12.1 Å². The van der Waals surface area contributed by atoms with Crippen LogP contribution >= 0.6 is 0 Å². The van der Waals surface area contributed by atoms with Gasteiger partial charge in [0.2, 0.25) is 0 Å². The van der Waals surface area contributed by atoms with Crippen LogP contribution in [0.2, 0.25) is 0 Å². The van der Waals surface area contributed by atoms with Crippen LogP contribution in [0.1, 0.15) is 0 Å². The smallest absolute Gasteiger partial charge is 0.270 e. The molecule has 0 radical (unpaired) electrons. The van der Waals surface area contributed by atoms with Crippen LogP contribution in [0.25, 0.3) is 0 Å². The number of anilines is 1. The molecule has 0 bridgehead atoms. The van der Waals surface area contributed by atoms with Gasteiger partial charge in [0.05, 0.1) is 12.8 Å². The van der Waals surface area contributed by atoms with E-state index in [1.165, 1.54) is 18.2 Å². The van der Waals surface area contributed by atoms with Crippen molar-refractivity contribution in [3.05, 3.63) is 36.0 Å². The van der Waals surface area contributed by atoms with Gasteiger partial charge in [0.15, 0.2) is 0 Å². The fourth-order valence-corrected chi connectivity index (χ4v) is 1.59. The quantitative estimate of drug-likeness (QED) is 0.609. The highest BCUT2D eigenvalue weighted by Gasteiger charge is 2.19. The summed E-state index contributed by atoms with van der Waals surface area (Å²) in [6.45, 7) is 0. The SMILES string of the molecule is COc1ccccc1N(C)C(=O)/C(C#N)=C/N(C)C. The molecule has 0 spiro atoms. The second kappa shape index (κ2) is 6.45. The lowest BCUT2D eigenvalue weighted by atomic mass is 10.2. The highest BCUT2D eigenvalue weighted by Crippen LogP contribution is 2.27. The van der Waals surface area contributed by atoms with Crippen molar-refractivity contribution in [2.45, 2.75) is 0 Å². The Bertz CT molecular complexity index is 530. The lowest BCUT2D eigenvalue weighted by molar-refractivity contribution is -0.114. The van der Waals surface area contributed by atoms with Gasteiger partial charge in [-0.15, -0.1) is 0 Å². The predicted molar refractivity (Wildman–Crippen MR) is 73.8 cm³/mol. The zero-order valence-electron chi connectivity index (χ0n) is 11.5. The Labute approximate surface area is 113 Å². The molecule has 0 heterocycles. The van der Waals surface area contributed by atoms with E-state index in [1.807, 2.05) is 18.2 Å². The Morgan fingerprint density at radius 2 is 1.95 bits per heavy atom. The van der Waals surface area contributed by atoms with E-state index < -0.39 is 0 Å². The number of amides is 1. The van der Waals surface area contributed by atoms with Gasteiger partial charge in [0, 0.05) is 27.3 Å². The summed E-state index contributed by atoms with van der Waals surface area (Å²) in [5, 5.41) is 9.04. The Kier molecular flexibility index (Phi) is 4.95. The average molecular weight is 259 g/mol. The Morgan fingerprint density at radius 1 is 1.32 bits per heavy atom. The summed E-state index contributed by atoms with van der Waals surface area (Å²) in [4.78, 5) is 15.3. The summed E-state index contributed by atoms with van der Waals surface area (Å²) in [5.41, 5.74) is 0.688.